The van der Waals surface area contributed by atoms with Crippen LogP contribution in [0.25, 0.3) is 10.4 Å². The Balaban J connectivity index is 1.83. The second-order valence-electron chi connectivity index (χ2n) is 5.62. The minimum absolute atomic E-state index is 0.185. The normalized spacial score (nSPS) is 23.3. The number of nitrogens with zero attached hydrogens (tertiary/aromatic N) is 4. The molecule has 1 aliphatic rings. The van der Waals surface area contributed by atoms with E-state index in [1.54, 1.807) is 0 Å². The number of hydrogen-bond acceptors (Lipinski definition) is 2. The van der Waals surface area contributed by atoms with Crippen molar-refractivity contribution in [1.29, 1.82) is 0 Å². The first-order chi connectivity index (χ1) is 9.69. The first kappa shape index (κ1) is 14.8. The van der Waals surface area contributed by atoms with Gasteiger partial charge in [0.25, 0.3) is 0 Å². The molecule has 0 saturated carbocycles. The summed E-state index contributed by atoms with van der Waals surface area (Å²) in [6, 6.07) is 6.72. The van der Waals surface area contributed by atoms with Crippen molar-refractivity contribution in [2.75, 3.05) is 26.2 Å². The Bertz CT molecular complexity index is 467. The van der Waals surface area contributed by atoms with E-state index in [1.165, 1.54) is 12.1 Å². The zero-order valence-corrected chi connectivity index (χ0v) is 11.9. The first-order valence-corrected chi connectivity index (χ1v) is 7.16. The number of azide groups is 1. The highest BCUT2D eigenvalue weighted by molar-refractivity contribution is 5.16. The Kier molecular flexibility index (Phi) is 5.39. The van der Waals surface area contributed by atoms with E-state index >= 15 is 0 Å². The van der Waals surface area contributed by atoms with Gasteiger partial charge in [0.2, 0.25) is 0 Å². The van der Waals surface area contributed by atoms with Crippen LogP contribution in [0, 0.1) is 17.7 Å². The van der Waals surface area contributed by atoms with Crippen LogP contribution in [0.5, 0.6) is 0 Å². The van der Waals surface area contributed by atoms with E-state index in [-0.39, 0.29) is 5.82 Å². The molecule has 108 valence electrons. The highest BCUT2D eigenvalue weighted by atomic mass is 19.1. The maximum absolute atomic E-state index is 12.8. The molecular weight excluding hydrogens is 255 g/mol. The lowest BCUT2D eigenvalue weighted by Crippen LogP contribution is -2.41. The van der Waals surface area contributed by atoms with E-state index in [4.69, 9.17) is 5.53 Å². The van der Waals surface area contributed by atoms with Crippen LogP contribution >= 0.6 is 0 Å². The molecule has 2 rings (SSSR count). The summed E-state index contributed by atoms with van der Waals surface area (Å²) in [4.78, 5) is 5.28. The summed E-state index contributed by atoms with van der Waals surface area (Å²) in [5.74, 6) is 0.880. The fraction of sp³-hybridized carbons (Fsp3) is 0.600. The van der Waals surface area contributed by atoms with E-state index in [0.29, 0.717) is 18.4 Å². The number of likely N-dealkylation sites (tertiary alicyclic amines) is 1. The number of rotatable bonds is 5. The maximum Gasteiger partial charge on any atom is 0.123 e. The van der Waals surface area contributed by atoms with Crippen molar-refractivity contribution in [2.24, 2.45) is 17.0 Å². The Labute approximate surface area is 119 Å². The molecular formula is C15H21FN4. The third kappa shape index (κ3) is 4.22. The van der Waals surface area contributed by atoms with Crippen LogP contribution < -0.4 is 0 Å². The molecule has 0 unspecified atom stereocenters. The summed E-state index contributed by atoms with van der Waals surface area (Å²) >= 11 is 0. The summed E-state index contributed by atoms with van der Waals surface area (Å²) < 4.78 is 12.8. The lowest BCUT2D eigenvalue weighted by atomic mass is 9.87. The van der Waals surface area contributed by atoms with Gasteiger partial charge in [-0.1, -0.05) is 24.2 Å². The minimum atomic E-state index is -0.185. The molecule has 1 aliphatic heterocycles. The van der Waals surface area contributed by atoms with Gasteiger partial charge >= 0.3 is 0 Å². The van der Waals surface area contributed by atoms with Crippen LogP contribution in [0.4, 0.5) is 4.39 Å². The van der Waals surface area contributed by atoms with Crippen molar-refractivity contribution in [1.82, 2.24) is 4.90 Å². The van der Waals surface area contributed by atoms with E-state index in [9.17, 15) is 4.39 Å². The van der Waals surface area contributed by atoms with Crippen molar-refractivity contribution >= 4 is 0 Å². The molecule has 1 aromatic rings. The average molecular weight is 276 g/mol. The average Bonchev–Trinajstić information content (AvgIpc) is 2.46. The van der Waals surface area contributed by atoms with Crippen molar-refractivity contribution < 1.29 is 4.39 Å². The first-order valence-electron chi connectivity index (χ1n) is 7.16. The Morgan fingerprint density at radius 1 is 1.40 bits per heavy atom. The Morgan fingerprint density at radius 2 is 2.15 bits per heavy atom. The fourth-order valence-corrected chi connectivity index (χ4v) is 2.75. The fourth-order valence-electron chi connectivity index (χ4n) is 2.75. The number of benzene rings is 1. The molecule has 0 bridgehead atoms. The summed E-state index contributed by atoms with van der Waals surface area (Å²) in [6.45, 7) is 5.88. The van der Waals surface area contributed by atoms with Crippen molar-refractivity contribution in [2.45, 2.75) is 19.8 Å². The van der Waals surface area contributed by atoms with Gasteiger partial charge < -0.3 is 4.90 Å². The minimum Gasteiger partial charge on any atom is -0.303 e. The van der Waals surface area contributed by atoms with Gasteiger partial charge in [-0.3, -0.25) is 0 Å². The zero-order valence-electron chi connectivity index (χ0n) is 11.9. The van der Waals surface area contributed by atoms with Crippen LogP contribution in [-0.2, 0) is 6.42 Å². The second kappa shape index (κ2) is 7.27. The van der Waals surface area contributed by atoms with Gasteiger partial charge in [0.05, 0.1) is 0 Å². The molecule has 0 radical (unpaired) electrons. The third-order valence-electron chi connectivity index (χ3n) is 4.21. The molecule has 0 aliphatic carbocycles. The molecule has 0 spiro atoms. The van der Waals surface area contributed by atoms with Crippen LogP contribution in [0.15, 0.2) is 29.4 Å². The summed E-state index contributed by atoms with van der Waals surface area (Å²) in [5.41, 5.74) is 9.60. The van der Waals surface area contributed by atoms with E-state index in [2.05, 4.69) is 21.8 Å². The van der Waals surface area contributed by atoms with E-state index in [1.807, 2.05) is 12.1 Å². The molecule has 1 heterocycles. The summed E-state index contributed by atoms with van der Waals surface area (Å²) in [7, 11) is 0. The van der Waals surface area contributed by atoms with E-state index in [0.717, 1.165) is 38.0 Å². The van der Waals surface area contributed by atoms with Gasteiger partial charge in [-0.15, -0.1) is 0 Å². The largest absolute Gasteiger partial charge is 0.303 e. The highest BCUT2D eigenvalue weighted by Gasteiger charge is 2.25. The van der Waals surface area contributed by atoms with Crippen LogP contribution in [0.1, 0.15) is 18.9 Å². The molecule has 2 atom stereocenters. The smallest absolute Gasteiger partial charge is 0.123 e. The highest BCUT2D eigenvalue weighted by Crippen LogP contribution is 2.23. The third-order valence-corrected chi connectivity index (χ3v) is 4.21. The van der Waals surface area contributed by atoms with Gasteiger partial charge in [-0.05, 0) is 54.4 Å². The van der Waals surface area contributed by atoms with Crippen LogP contribution in [0.2, 0.25) is 0 Å². The van der Waals surface area contributed by atoms with Crippen molar-refractivity contribution in [3.05, 3.63) is 46.1 Å². The Hall–Kier alpha value is -1.58. The maximum atomic E-state index is 12.8. The lowest BCUT2D eigenvalue weighted by Gasteiger charge is -2.36. The summed E-state index contributed by atoms with van der Waals surface area (Å²) in [6.07, 6.45) is 2.08. The number of halogens is 1. The second-order valence-corrected chi connectivity index (χ2v) is 5.62. The molecule has 0 aromatic heterocycles. The van der Waals surface area contributed by atoms with Crippen molar-refractivity contribution in [3.63, 3.8) is 0 Å². The quantitative estimate of drug-likeness (QED) is 0.460. The SMILES string of the molecule is C[C@@H]1CCN(CCc2ccc(F)cc2)C[C@H]1CN=[N+]=[N-]. The number of piperidine rings is 1. The van der Waals surface area contributed by atoms with E-state index < -0.39 is 0 Å². The van der Waals surface area contributed by atoms with Gasteiger partial charge in [-0.2, -0.15) is 0 Å². The van der Waals surface area contributed by atoms with Crippen LogP contribution in [0.3, 0.4) is 0 Å². The zero-order chi connectivity index (χ0) is 14.4. The molecule has 1 saturated heterocycles. The van der Waals surface area contributed by atoms with Gasteiger partial charge in [-0.25, -0.2) is 4.39 Å². The monoisotopic (exact) mass is 276 g/mol. The van der Waals surface area contributed by atoms with Crippen molar-refractivity contribution in [3.8, 4) is 0 Å². The predicted molar refractivity (Wildman–Crippen MR) is 77.8 cm³/mol. The molecule has 0 N–H and O–H groups in total. The molecule has 0 amide bonds. The summed E-state index contributed by atoms with van der Waals surface area (Å²) in [5, 5.41) is 3.72. The van der Waals surface area contributed by atoms with Crippen LogP contribution in [-0.4, -0.2) is 31.1 Å². The molecule has 1 aromatic carbocycles. The predicted octanol–water partition coefficient (Wildman–Crippen LogP) is 3.64. The van der Waals surface area contributed by atoms with Gasteiger partial charge in [0.1, 0.15) is 5.82 Å². The standard InChI is InChI=1S/C15H21FN4/c1-12-6-8-20(11-14(12)10-18-19-17)9-7-13-2-4-15(16)5-3-13/h2-5,12,14H,6-11H2,1H3/t12-,14-/m1/s1. The molecule has 5 heteroatoms. The molecule has 20 heavy (non-hydrogen) atoms. The topological polar surface area (TPSA) is 52.0 Å². The Morgan fingerprint density at radius 3 is 2.85 bits per heavy atom. The molecule has 1 fully saturated rings. The molecule has 4 nitrogen and oxygen atoms in total. The van der Waals surface area contributed by atoms with Gasteiger partial charge in [0, 0.05) is 24.5 Å². The lowest BCUT2D eigenvalue weighted by molar-refractivity contribution is 0.134. The number of hydrogen-bond donors (Lipinski definition) is 0. The van der Waals surface area contributed by atoms with Gasteiger partial charge in [0.15, 0.2) is 0 Å².